The van der Waals surface area contributed by atoms with Crippen LogP contribution in [0.2, 0.25) is 0 Å². The molecule has 3 aromatic carbocycles. The van der Waals surface area contributed by atoms with E-state index in [0.29, 0.717) is 16.6 Å². The number of para-hydroxylation sites is 1. The zero-order chi connectivity index (χ0) is 22.7. The SMILES string of the molecule is COc1ccccc1-c1csc(NP2(=O)C=C(c3ccccc3)OC(c3ccccc3)=C2)n1. The van der Waals surface area contributed by atoms with Gasteiger partial charge in [-0.25, -0.2) is 4.98 Å². The average Bonchev–Trinajstić information content (AvgIpc) is 3.32. The Morgan fingerprint density at radius 3 is 2.03 bits per heavy atom. The van der Waals surface area contributed by atoms with Crippen molar-refractivity contribution >= 4 is 35.3 Å². The quantitative estimate of drug-likeness (QED) is 0.294. The number of ether oxygens (including phenoxy) is 2. The van der Waals surface area contributed by atoms with E-state index >= 15 is 0 Å². The Balaban J connectivity index is 1.51. The van der Waals surface area contributed by atoms with Crippen LogP contribution in [0.4, 0.5) is 5.13 Å². The molecular weight excluding hydrogens is 451 g/mol. The number of hydrogen-bond donors (Lipinski definition) is 1. The van der Waals surface area contributed by atoms with Gasteiger partial charge in [0.05, 0.1) is 12.8 Å². The molecule has 33 heavy (non-hydrogen) atoms. The number of nitrogens with one attached hydrogen (secondary N) is 1. The van der Waals surface area contributed by atoms with Crippen molar-refractivity contribution in [1.82, 2.24) is 4.98 Å². The molecule has 0 spiro atoms. The normalized spacial score (nSPS) is 14.6. The summed E-state index contributed by atoms with van der Waals surface area (Å²) in [6.07, 6.45) is 0. The van der Waals surface area contributed by atoms with Gasteiger partial charge in [0.15, 0.2) is 5.13 Å². The summed E-state index contributed by atoms with van der Waals surface area (Å²) in [6, 6.07) is 27.0. The van der Waals surface area contributed by atoms with Gasteiger partial charge >= 0.3 is 0 Å². The number of rotatable bonds is 6. The van der Waals surface area contributed by atoms with Crippen molar-refractivity contribution in [3.05, 3.63) is 113 Å². The van der Waals surface area contributed by atoms with E-state index in [4.69, 9.17) is 9.47 Å². The fraction of sp³-hybridized carbons (Fsp3) is 0.0385. The van der Waals surface area contributed by atoms with Gasteiger partial charge in [-0.2, -0.15) is 0 Å². The van der Waals surface area contributed by atoms with E-state index in [0.717, 1.165) is 28.1 Å². The molecule has 0 aliphatic carbocycles. The molecule has 1 aromatic heterocycles. The van der Waals surface area contributed by atoms with Crippen LogP contribution in [0.25, 0.3) is 22.8 Å². The first kappa shape index (κ1) is 21.3. The molecule has 2 heterocycles. The molecule has 0 fully saturated rings. The number of hydrogen-bond acceptors (Lipinski definition) is 5. The standard InChI is InChI=1S/C26H21N2O3PS/c1-30-23-15-9-8-14-21(23)22-18-33-26(27-22)28-32(29)16-24(19-10-4-2-5-11-19)31-25(17-32)20-12-6-3-7-13-20/h2-18H,1H3,(H,27,28,29). The molecule has 0 amide bonds. The van der Waals surface area contributed by atoms with E-state index in [1.807, 2.05) is 90.3 Å². The van der Waals surface area contributed by atoms with Crippen molar-refractivity contribution in [3.63, 3.8) is 0 Å². The Labute approximate surface area is 196 Å². The topological polar surface area (TPSA) is 60.5 Å². The highest BCUT2D eigenvalue weighted by Crippen LogP contribution is 2.56. The fourth-order valence-corrected chi connectivity index (χ4v) is 6.39. The smallest absolute Gasteiger partial charge is 0.222 e. The molecule has 7 heteroatoms. The summed E-state index contributed by atoms with van der Waals surface area (Å²) in [7, 11) is -1.52. The van der Waals surface area contributed by atoms with Crippen molar-refractivity contribution in [2.75, 3.05) is 12.2 Å². The first-order valence-corrected chi connectivity index (χ1v) is 13.1. The van der Waals surface area contributed by atoms with Crippen molar-refractivity contribution in [1.29, 1.82) is 0 Å². The van der Waals surface area contributed by atoms with Gasteiger partial charge in [-0.3, -0.25) is 4.57 Å². The predicted molar refractivity (Wildman–Crippen MR) is 135 cm³/mol. The zero-order valence-corrected chi connectivity index (χ0v) is 19.6. The minimum atomic E-state index is -3.16. The van der Waals surface area contributed by atoms with Crippen LogP contribution in [-0.2, 0) is 9.30 Å². The van der Waals surface area contributed by atoms with Crippen LogP contribution < -0.4 is 9.82 Å². The van der Waals surface area contributed by atoms with Gasteiger partial charge in [-0.05, 0) is 12.1 Å². The van der Waals surface area contributed by atoms with Gasteiger partial charge in [-0.1, -0.05) is 72.8 Å². The third-order valence-electron chi connectivity index (χ3n) is 5.11. The van der Waals surface area contributed by atoms with Gasteiger partial charge in [0.1, 0.15) is 17.3 Å². The Morgan fingerprint density at radius 2 is 1.42 bits per heavy atom. The monoisotopic (exact) mass is 472 g/mol. The number of thiazole rings is 1. The predicted octanol–water partition coefficient (Wildman–Crippen LogP) is 7.54. The third kappa shape index (κ3) is 4.63. The van der Waals surface area contributed by atoms with E-state index < -0.39 is 7.29 Å². The Hall–Kier alpha value is -3.60. The maximum atomic E-state index is 14.0. The lowest BCUT2D eigenvalue weighted by molar-refractivity contribution is 0.416. The number of nitrogens with zero attached hydrogens (tertiary/aromatic N) is 1. The number of anilines is 1. The summed E-state index contributed by atoms with van der Waals surface area (Å²) in [6.45, 7) is 0. The molecular formula is C26H21N2O3PS. The summed E-state index contributed by atoms with van der Waals surface area (Å²) in [5.41, 5.74) is 3.36. The Bertz CT molecular complexity index is 1320. The summed E-state index contributed by atoms with van der Waals surface area (Å²) in [4.78, 5) is 4.68. The van der Waals surface area contributed by atoms with E-state index in [1.165, 1.54) is 11.3 Å². The first-order chi connectivity index (χ1) is 16.1. The maximum absolute atomic E-state index is 14.0. The fourth-order valence-electron chi connectivity index (χ4n) is 3.55. The lowest BCUT2D eigenvalue weighted by atomic mass is 10.1. The molecule has 0 saturated carbocycles. The molecule has 0 atom stereocenters. The van der Waals surface area contributed by atoms with Gasteiger partial charge in [0.25, 0.3) is 0 Å². The lowest BCUT2D eigenvalue weighted by Gasteiger charge is -2.23. The van der Waals surface area contributed by atoms with E-state index in [1.54, 1.807) is 18.7 Å². The van der Waals surface area contributed by atoms with E-state index in [9.17, 15) is 4.57 Å². The molecule has 4 aromatic rings. The largest absolute Gasteiger partial charge is 0.496 e. The molecule has 5 rings (SSSR count). The highest BCUT2D eigenvalue weighted by atomic mass is 32.1. The molecule has 1 aliphatic heterocycles. The zero-order valence-electron chi connectivity index (χ0n) is 17.8. The second kappa shape index (κ2) is 9.10. The van der Waals surface area contributed by atoms with Gasteiger partial charge in [0.2, 0.25) is 7.29 Å². The average molecular weight is 473 g/mol. The van der Waals surface area contributed by atoms with Gasteiger partial charge < -0.3 is 14.6 Å². The van der Waals surface area contributed by atoms with Crippen molar-refractivity contribution in [3.8, 4) is 17.0 Å². The summed E-state index contributed by atoms with van der Waals surface area (Å²) in [5, 5.41) is 5.66. The molecule has 0 bridgehead atoms. The van der Waals surface area contributed by atoms with Crippen molar-refractivity contribution < 1.29 is 14.0 Å². The van der Waals surface area contributed by atoms with Crippen molar-refractivity contribution in [2.45, 2.75) is 0 Å². The van der Waals surface area contributed by atoms with Crippen LogP contribution in [0, 0.1) is 0 Å². The number of aromatic nitrogens is 1. The molecule has 0 saturated heterocycles. The van der Waals surface area contributed by atoms with Crippen LogP contribution in [-0.4, -0.2) is 12.1 Å². The van der Waals surface area contributed by atoms with Gasteiger partial charge in [0, 0.05) is 33.7 Å². The van der Waals surface area contributed by atoms with Crippen LogP contribution in [0.3, 0.4) is 0 Å². The number of methoxy groups -OCH3 is 1. The van der Waals surface area contributed by atoms with Crippen molar-refractivity contribution in [2.24, 2.45) is 0 Å². The van der Waals surface area contributed by atoms with Crippen LogP contribution in [0.5, 0.6) is 5.75 Å². The number of benzene rings is 3. The summed E-state index contributed by atoms with van der Waals surface area (Å²) in [5.74, 6) is 5.17. The molecule has 0 radical (unpaired) electrons. The van der Waals surface area contributed by atoms with Crippen LogP contribution in [0.15, 0.2) is 102 Å². The second-order valence-corrected chi connectivity index (χ2v) is 10.4. The minimum absolute atomic E-state index is 0.550. The summed E-state index contributed by atoms with van der Waals surface area (Å²) >= 11 is 1.40. The second-order valence-electron chi connectivity index (χ2n) is 7.38. The molecule has 1 N–H and O–H groups in total. The van der Waals surface area contributed by atoms with Crippen LogP contribution >= 0.6 is 18.6 Å². The maximum Gasteiger partial charge on any atom is 0.222 e. The first-order valence-electron chi connectivity index (χ1n) is 10.3. The highest BCUT2D eigenvalue weighted by molar-refractivity contribution is 7.72. The Morgan fingerprint density at radius 1 is 0.848 bits per heavy atom. The summed E-state index contributed by atoms with van der Waals surface area (Å²) < 4.78 is 25.7. The third-order valence-corrected chi connectivity index (χ3v) is 7.82. The lowest BCUT2D eigenvalue weighted by Crippen LogP contribution is -2.03. The minimum Gasteiger partial charge on any atom is -0.496 e. The van der Waals surface area contributed by atoms with Crippen LogP contribution in [0.1, 0.15) is 11.1 Å². The van der Waals surface area contributed by atoms with Gasteiger partial charge in [-0.15, -0.1) is 11.3 Å². The van der Waals surface area contributed by atoms with E-state index in [-0.39, 0.29) is 0 Å². The molecule has 164 valence electrons. The molecule has 1 aliphatic rings. The highest BCUT2D eigenvalue weighted by Gasteiger charge is 2.28. The Kier molecular flexibility index (Phi) is 5.86. The van der Waals surface area contributed by atoms with E-state index in [2.05, 4.69) is 10.1 Å². The molecule has 5 nitrogen and oxygen atoms in total. The molecule has 0 unspecified atom stereocenters.